The summed E-state index contributed by atoms with van der Waals surface area (Å²) in [6.07, 6.45) is -4.44. The average Bonchev–Trinajstić information content (AvgIpc) is 3.31. The van der Waals surface area contributed by atoms with E-state index in [-0.39, 0.29) is 11.7 Å². The highest BCUT2D eigenvalue weighted by atomic mass is 32.1. The lowest BCUT2D eigenvalue weighted by atomic mass is 10.1. The first kappa shape index (κ1) is 21.8. The molecule has 0 aliphatic rings. The second-order valence-electron chi connectivity index (χ2n) is 7.16. The summed E-state index contributed by atoms with van der Waals surface area (Å²) in [5.74, 6) is -0.169. The molecular weight excluding hydrogens is 443 g/mol. The van der Waals surface area contributed by atoms with E-state index in [0.29, 0.717) is 22.8 Å². The number of nitrogens with one attached hydrogen (secondary N) is 1. The van der Waals surface area contributed by atoms with E-state index in [0.717, 1.165) is 40.1 Å². The maximum atomic E-state index is 12.9. The van der Waals surface area contributed by atoms with Crippen LogP contribution in [0.4, 0.5) is 18.3 Å². The number of amides is 1. The van der Waals surface area contributed by atoms with E-state index in [1.54, 1.807) is 17.1 Å². The molecule has 4 rings (SSSR count). The first-order valence-corrected chi connectivity index (χ1v) is 10.4. The molecule has 166 valence electrons. The van der Waals surface area contributed by atoms with Crippen LogP contribution >= 0.6 is 11.3 Å². The fourth-order valence-corrected chi connectivity index (χ4v) is 3.99. The normalized spacial score (nSPS) is 11.7. The van der Waals surface area contributed by atoms with E-state index in [2.05, 4.69) is 20.4 Å². The molecule has 1 aromatic carbocycles. The summed E-state index contributed by atoms with van der Waals surface area (Å²) in [6, 6.07) is 6.77. The van der Waals surface area contributed by atoms with Gasteiger partial charge in [-0.2, -0.15) is 13.2 Å². The molecule has 3 heterocycles. The Hall–Kier alpha value is -3.47. The molecule has 1 amide bonds. The van der Waals surface area contributed by atoms with Crippen LogP contribution in [0.3, 0.4) is 0 Å². The number of hydrogen-bond donors (Lipinski definition) is 1. The molecule has 0 aliphatic carbocycles. The molecule has 7 nitrogen and oxygen atoms in total. The molecule has 0 atom stereocenters. The van der Waals surface area contributed by atoms with Gasteiger partial charge in [0.05, 0.1) is 16.6 Å². The van der Waals surface area contributed by atoms with Gasteiger partial charge in [0.25, 0.3) is 5.91 Å². The van der Waals surface area contributed by atoms with Gasteiger partial charge in [-0.3, -0.25) is 10.1 Å². The summed E-state index contributed by atoms with van der Waals surface area (Å²) in [7, 11) is 1.74. The van der Waals surface area contributed by atoms with Gasteiger partial charge < -0.3 is 4.74 Å². The predicted octanol–water partition coefficient (Wildman–Crippen LogP) is 4.74. The molecule has 3 aromatic heterocycles. The fraction of sp³-hybridized carbons (Fsp3) is 0.238. The first-order valence-electron chi connectivity index (χ1n) is 9.48. The number of anilines is 1. The number of hydrogen-bond acceptors (Lipinski definition) is 6. The second-order valence-corrected chi connectivity index (χ2v) is 8.02. The highest BCUT2D eigenvalue weighted by molar-refractivity contribution is 7.14. The maximum Gasteiger partial charge on any atom is 0.416 e. The number of aromatic nitrogens is 4. The second kappa shape index (κ2) is 8.23. The molecule has 0 fully saturated rings. The van der Waals surface area contributed by atoms with Crippen LogP contribution in [0.2, 0.25) is 0 Å². The number of rotatable bonds is 5. The molecule has 0 bridgehead atoms. The maximum absolute atomic E-state index is 12.9. The third-order valence-corrected chi connectivity index (χ3v) is 5.42. The monoisotopic (exact) mass is 461 g/mol. The van der Waals surface area contributed by atoms with Crippen molar-refractivity contribution in [2.24, 2.45) is 7.05 Å². The predicted molar refractivity (Wildman–Crippen MR) is 115 cm³/mol. The lowest BCUT2D eigenvalue weighted by molar-refractivity contribution is -0.137. The summed E-state index contributed by atoms with van der Waals surface area (Å²) in [4.78, 5) is 21.0. The summed E-state index contributed by atoms with van der Waals surface area (Å²) in [5, 5.41) is 9.45. The zero-order chi connectivity index (χ0) is 23.0. The van der Waals surface area contributed by atoms with Crippen LogP contribution < -0.4 is 10.1 Å². The third kappa shape index (κ3) is 4.42. The number of nitrogens with zero attached hydrogens (tertiary/aromatic N) is 4. The Labute approximate surface area is 184 Å². The highest BCUT2D eigenvalue weighted by Gasteiger charge is 2.30. The van der Waals surface area contributed by atoms with E-state index >= 15 is 0 Å². The standard InChI is InChI=1S/C21H18F3N5O2S/c1-11-7-12(2)25-18-17(11)19(28-29(18)3)31-9-16(30)27-20-26-15(10-32-20)13-5-4-6-14(8-13)21(22,23)24/h4-8,10H,9H2,1-3H3,(H,26,27,30). The van der Waals surface area contributed by atoms with Gasteiger partial charge >= 0.3 is 6.18 Å². The molecule has 0 spiro atoms. The molecule has 11 heteroatoms. The molecule has 1 N–H and O–H groups in total. The summed E-state index contributed by atoms with van der Waals surface area (Å²) in [6.45, 7) is 3.49. The van der Waals surface area contributed by atoms with Crippen molar-refractivity contribution in [3.63, 3.8) is 0 Å². The van der Waals surface area contributed by atoms with Crippen molar-refractivity contribution in [2.75, 3.05) is 11.9 Å². The van der Waals surface area contributed by atoms with Gasteiger partial charge in [-0.1, -0.05) is 12.1 Å². The van der Waals surface area contributed by atoms with Gasteiger partial charge in [-0.25, -0.2) is 14.6 Å². The molecule has 0 saturated heterocycles. The van der Waals surface area contributed by atoms with E-state index < -0.39 is 17.6 Å². The third-order valence-electron chi connectivity index (χ3n) is 4.66. The molecule has 32 heavy (non-hydrogen) atoms. The van der Waals surface area contributed by atoms with Crippen molar-refractivity contribution >= 4 is 33.4 Å². The van der Waals surface area contributed by atoms with Gasteiger partial charge in [0.15, 0.2) is 17.4 Å². The Kier molecular flexibility index (Phi) is 5.59. The summed E-state index contributed by atoms with van der Waals surface area (Å²) >= 11 is 1.11. The van der Waals surface area contributed by atoms with Crippen LogP contribution in [0.1, 0.15) is 16.8 Å². The van der Waals surface area contributed by atoms with Crippen LogP contribution in [0.15, 0.2) is 35.7 Å². The zero-order valence-electron chi connectivity index (χ0n) is 17.3. The number of pyridine rings is 1. The Morgan fingerprint density at radius 1 is 1.22 bits per heavy atom. The average molecular weight is 461 g/mol. The van der Waals surface area contributed by atoms with Crippen LogP contribution in [0, 0.1) is 13.8 Å². The van der Waals surface area contributed by atoms with Gasteiger partial charge in [-0.05, 0) is 37.6 Å². The first-order chi connectivity index (χ1) is 15.1. The minimum absolute atomic E-state index is 0.255. The van der Waals surface area contributed by atoms with Crippen LogP contribution in [0.25, 0.3) is 22.3 Å². The van der Waals surface area contributed by atoms with Crippen LogP contribution in [-0.4, -0.2) is 32.3 Å². The number of ether oxygens (including phenoxy) is 1. The quantitative estimate of drug-likeness (QED) is 0.464. The number of halogens is 3. The number of aryl methyl sites for hydroxylation is 3. The number of carbonyl (C=O) groups excluding carboxylic acids is 1. The molecule has 4 aromatic rings. The van der Waals surface area contributed by atoms with Crippen molar-refractivity contribution in [3.8, 4) is 17.1 Å². The van der Waals surface area contributed by atoms with E-state index in [1.807, 2.05) is 19.9 Å². The number of benzene rings is 1. The smallest absolute Gasteiger partial charge is 0.416 e. The van der Waals surface area contributed by atoms with Crippen LogP contribution in [0.5, 0.6) is 5.88 Å². The molecule has 0 unspecified atom stereocenters. The zero-order valence-corrected chi connectivity index (χ0v) is 18.1. The molecule has 0 aliphatic heterocycles. The summed E-state index contributed by atoms with van der Waals surface area (Å²) in [5.41, 5.74) is 2.33. The van der Waals surface area contributed by atoms with E-state index in [4.69, 9.17) is 4.74 Å². The van der Waals surface area contributed by atoms with Gasteiger partial charge in [0, 0.05) is 23.7 Å². The number of thiazole rings is 1. The topological polar surface area (TPSA) is 81.9 Å². The Balaban J connectivity index is 1.44. The van der Waals surface area contributed by atoms with Gasteiger partial charge in [0.2, 0.25) is 5.88 Å². The van der Waals surface area contributed by atoms with Crippen molar-refractivity contribution < 1.29 is 22.7 Å². The van der Waals surface area contributed by atoms with E-state index in [1.165, 1.54) is 12.1 Å². The largest absolute Gasteiger partial charge is 0.466 e. The number of alkyl halides is 3. The van der Waals surface area contributed by atoms with Crippen molar-refractivity contribution in [2.45, 2.75) is 20.0 Å². The molecule has 0 radical (unpaired) electrons. The number of fused-ring (bicyclic) bond motifs is 1. The Bertz CT molecular complexity index is 1310. The van der Waals surface area contributed by atoms with Crippen molar-refractivity contribution in [1.29, 1.82) is 0 Å². The molecule has 0 saturated carbocycles. The van der Waals surface area contributed by atoms with Crippen LogP contribution in [-0.2, 0) is 18.0 Å². The molecular formula is C21H18F3N5O2S. The minimum Gasteiger partial charge on any atom is -0.466 e. The Morgan fingerprint density at radius 3 is 2.75 bits per heavy atom. The van der Waals surface area contributed by atoms with Gasteiger partial charge in [-0.15, -0.1) is 16.4 Å². The van der Waals surface area contributed by atoms with Gasteiger partial charge in [0.1, 0.15) is 0 Å². The Morgan fingerprint density at radius 2 is 2.00 bits per heavy atom. The van der Waals surface area contributed by atoms with Crippen molar-refractivity contribution in [1.82, 2.24) is 19.7 Å². The lowest BCUT2D eigenvalue weighted by Gasteiger charge is -2.07. The van der Waals surface area contributed by atoms with E-state index in [9.17, 15) is 18.0 Å². The number of carbonyl (C=O) groups is 1. The lowest BCUT2D eigenvalue weighted by Crippen LogP contribution is -2.20. The van der Waals surface area contributed by atoms with Crippen molar-refractivity contribution in [3.05, 3.63) is 52.5 Å². The summed E-state index contributed by atoms with van der Waals surface area (Å²) < 4.78 is 46.0. The highest BCUT2D eigenvalue weighted by Crippen LogP contribution is 2.33. The minimum atomic E-state index is -4.44. The SMILES string of the molecule is Cc1cc(C)c2c(OCC(=O)Nc3nc(-c4cccc(C(F)(F)F)c4)cs3)nn(C)c2n1. The fourth-order valence-electron chi connectivity index (χ4n) is 3.26.